The molecule has 19 heavy (non-hydrogen) atoms. The molecule has 0 spiro atoms. The molecular formula is C14H11NO4. The van der Waals surface area contributed by atoms with Gasteiger partial charge in [-0.2, -0.15) is 0 Å². The largest absolute Gasteiger partial charge is 0.306 e. The lowest BCUT2D eigenvalue weighted by Gasteiger charge is -2.03. The van der Waals surface area contributed by atoms with Crippen LogP contribution in [0.1, 0.15) is 10.4 Å². The van der Waals surface area contributed by atoms with Gasteiger partial charge in [0, 0.05) is 5.56 Å². The van der Waals surface area contributed by atoms with Gasteiger partial charge in [0.25, 0.3) is 5.09 Å². The minimum Gasteiger partial charge on any atom is -0.306 e. The molecule has 0 N–H and O–H groups in total. The van der Waals surface area contributed by atoms with E-state index < -0.39 is 17.5 Å². The maximum Gasteiger partial charge on any atom is 0.294 e. The van der Waals surface area contributed by atoms with E-state index in [0.717, 1.165) is 11.1 Å². The number of carbonyl (C=O) groups is 1. The Morgan fingerprint density at radius 3 is 2.16 bits per heavy atom. The highest BCUT2D eigenvalue weighted by atomic mass is 16.9. The van der Waals surface area contributed by atoms with Gasteiger partial charge in [-0.3, -0.25) is 4.79 Å². The van der Waals surface area contributed by atoms with Gasteiger partial charge in [-0.15, -0.1) is 10.1 Å². The van der Waals surface area contributed by atoms with Crippen molar-refractivity contribution in [3.8, 4) is 11.1 Å². The van der Waals surface area contributed by atoms with E-state index in [1.165, 1.54) is 0 Å². The topological polar surface area (TPSA) is 69.4 Å². The summed E-state index contributed by atoms with van der Waals surface area (Å²) in [4.78, 5) is 25.6. The van der Waals surface area contributed by atoms with Crippen molar-refractivity contribution in [2.24, 2.45) is 0 Å². The fourth-order valence-electron chi connectivity index (χ4n) is 1.67. The van der Waals surface area contributed by atoms with Crippen LogP contribution in [0.5, 0.6) is 0 Å². The van der Waals surface area contributed by atoms with Crippen LogP contribution in [0.3, 0.4) is 0 Å². The Labute approximate surface area is 109 Å². The Morgan fingerprint density at radius 1 is 1.00 bits per heavy atom. The summed E-state index contributed by atoms with van der Waals surface area (Å²) in [5.74, 6) is -0.420. The molecule has 5 nitrogen and oxygen atoms in total. The van der Waals surface area contributed by atoms with Crippen LogP contribution in [0.15, 0.2) is 54.6 Å². The first-order chi connectivity index (χ1) is 9.16. The first-order valence-electron chi connectivity index (χ1n) is 5.63. The van der Waals surface area contributed by atoms with Gasteiger partial charge < -0.3 is 4.84 Å². The molecule has 0 unspecified atom stereocenters. The zero-order valence-electron chi connectivity index (χ0n) is 9.98. The summed E-state index contributed by atoms with van der Waals surface area (Å²) in [5.41, 5.74) is 2.41. The average Bonchev–Trinajstić information content (AvgIpc) is 2.46. The molecular weight excluding hydrogens is 246 g/mol. The van der Waals surface area contributed by atoms with E-state index in [2.05, 4.69) is 4.84 Å². The van der Waals surface area contributed by atoms with Crippen LogP contribution < -0.4 is 0 Å². The zero-order chi connectivity index (χ0) is 13.7. The summed E-state index contributed by atoms with van der Waals surface area (Å²) in [6, 6.07) is 16.6. The maximum absolute atomic E-state index is 11.6. The van der Waals surface area contributed by atoms with Crippen LogP contribution in [0.25, 0.3) is 11.1 Å². The van der Waals surface area contributed by atoms with Crippen LogP contribution in [-0.4, -0.2) is 17.5 Å². The van der Waals surface area contributed by atoms with Crippen molar-refractivity contribution in [3.05, 3.63) is 70.3 Å². The molecule has 5 heteroatoms. The van der Waals surface area contributed by atoms with Crippen molar-refractivity contribution in [1.82, 2.24) is 0 Å². The fraction of sp³-hybridized carbons (Fsp3) is 0.0714. The third-order valence-electron chi connectivity index (χ3n) is 2.62. The van der Waals surface area contributed by atoms with Gasteiger partial charge in [0.2, 0.25) is 0 Å². The molecule has 96 valence electrons. The number of ketones is 1. The first kappa shape index (κ1) is 12.8. The number of carbonyl (C=O) groups excluding carboxylic acids is 1. The molecule has 0 saturated heterocycles. The van der Waals surface area contributed by atoms with Crippen molar-refractivity contribution in [1.29, 1.82) is 0 Å². The van der Waals surface area contributed by atoms with Gasteiger partial charge in [-0.05, 0) is 11.1 Å². The van der Waals surface area contributed by atoms with Gasteiger partial charge in [0.05, 0.1) is 0 Å². The number of Topliss-reactive ketones (excluding diaryl/α,β-unsaturated/α-hetero) is 1. The van der Waals surface area contributed by atoms with Crippen molar-refractivity contribution >= 4 is 5.78 Å². The fourth-order valence-corrected chi connectivity index (χ4v) is 1.67. The lowest BCUT2D eigenvalue weighted by Crippen LogP contribution is -2.12. The van der Waals surface area contributed by atoms with E-state index in [9.17, 15) is 14.9 Å². The summed E-state index contributed by atoms with van der Waals surface area (Å²) < 4.78 is 0. The second kappa shape index (κ2) is 5.77. The Balaban J connectivity index is 2.10. The first-order valence-corrected chi connectivity index (χ1v) is 5.63. The molecule has 0 fully saturated rings. The van der Waals surface area contributed by atoms with Crippen LogP contribution in [0.2, 0.25) is 0 Å². The number of nitrogens with zero attached hydrogens (tertiary/aromatic N) is 1. The highest BCUT2D eigenvalue weighted by Gasteiger charge is 2.08. The molecule has 0 aliphatic carbocycles. The molecule has 2 rings (SSSR count). The van der Waals surface area contributed by atoms with Gasteiger partial charge in [-0.25, -0.2) is 0 Å². The van der Waals surface area contributed by atoms with Crippen molar-refractivity contribution in [2.75, 3.05) is 6.61 Å². The molecule has 2 aromatic carbocycles. The van der Waals surface area contributed by atoms with Crippen LogP contribution in [0.4, 0.5) is 0 Å². The smallest absolute Gasteiger partial charge is 0.294 e. The van der Waals surface area contributed by atoms with Crippen LogP contribution in [-0.2, 0) is 4.84 Å². The molecule has 0 aliphatic heterocycles. The summed E-state index contributed by atoms with van der Waals surface area (Å²) in [7, 11) is 0. The molecule has 2 aromatic rings. The Kier molecular flexibility index (Phi) is 3.87. The monoisotopic (exact) mass is 257 g/mol. The lowest BCUT2D eigenvalue weighted by molar-refractivity contribution is -0.754. The van der Waals surface area contributed by atoms with Gasteiger partial charge in [-0.1, -0.05) is 54.6 Å². The summed E-state index contributed by atoms with van der Waals surface area (Å²) >= 11 is 0. The SMILES string of the molecule is O=C(CO[N+](=O)[O-])c1ccc(-c2ccccc2)cc1. The second-order valence-electron chi connectivity index (χ2n) is 3.86. The summed E-state index contributed by atoms with van der Waals surface area (Å²) in [5, 5.41) is 9.03. The van der Waals surface area contributed by atoms with E-state index in [4.69, 9.17) is 0 Å². The van der Waals surface area contributed by atoms with Crippen molar-refractivity contribution in [3.63, 3.8) is 0 Å². The standard InChI is InChI=1S/C14H11NO4/c16-14(10-19-15(17)18)13-8-6-12(7-9-13)11-4-2-1-3-5-11/h1-9H,10H2. The molecule has 0 amide bonds. The van der Waals surface area contributed by atoms with E-state index in [0.29, 0.717) is 5.56 Å². The number of hydrogen-bond acceptors (Lipinski definition) is 4. The third kappa shape index (κ3) is 3.38. The summed E-state index contributed by atoms with van der Waals surface area (Å²) in [6.45, 7) is -0.558. The number of rotatable bonds is 5. The van der Waals surface area contributed by atoms with E-state index in [1.54, 1.807) is 24.3 Å². The van der Waals surface area contributed by atoms with Crippen molar-refractivity contribution in [2.45, 2.75) is 0 Å². The normalized spacial score (nSPS) is 9.89. The molecule has 0 aromatic heterocycles. The molecule has 0 heterocycles. The summed E-state index contributed by atoms with van der Waals surface area (Å²) in [6.07, 6.45) is 0. The lowest BCUT2D eigenvalue weighted by atomic mass is 10.0. The van der Waals surface area contributed by atoms with Crippen molar-refractivity contribution < 1.29 is 14.7 Å². The van der Waals surface area contributed by atoms with Crippen LogP contribution in [0, 0.1) is 10.1 Å². The minimum absolute atomic E-state index is 0.390. The Morgan fingerprint density at radius 2 is 1.58 bits per heavy atom. The highest BCUT2D eigenvalue weighted by Crippen LogP contribution is 2.19. The Bertz CT molecular complexity index is 578. The molecule has 0 radical (unpaired) electrons. The van der Waals surface area contributed by atoms with E-state index >= 15 is 0 Å². The molecule has 0 saturated carbocycles. The zero-order valence-corrected chi connectivity index (χ0v) is 9.98. The predicted octanol–water partition coefficient (Wildman–Crippen LogP) is 2.74. The van der Waals surface area contributed by atoms with E-state index in [1.807, 2.05) is 30.3 Å². The molecule has 0 aliphatic rings. The quantitative estimate of drug-likeness (QED) is 0.469. The predicted molar refractivity (Wildman–Crippen MR) is 69.2 cm³/mol. The van der Waals surface area contributed by atoms with Crippen LogP contribution >= 0.6 is 0 Å². The average molecular weight is 257 g/mol. The minimum atomic E-state index is -0.976. The number of benzene rings is 2. The van der Waals surface area contributed by atoms with Gasteiger partial charge in [0.1, 0.15) is 0 Å². The third-order valence-corrected chi connectivity index (χ3v) is 2.62. The van der Waals surface area contributed by atoms with Gasteiger partial charge in [0.15, 0.2) is 12.4 Å². The van der Waals surface area contributed by atoms with Gasteiger partial charge >= 0.3 is 0 Å². The second-order valence-corrected chi connectivity index (χ2v) is 3.86. The maximum atomic E-state index is 11.6. The molecule has 0 bridgehead atoms. The highest BCUT2D eigenvalue weighted by molar-refractivity contribution is 5.97. The Hall–Kier alpha value is -2.69. The number of hydrogen-bond donors (Lipinski definition) is 0. The molecule has 0 atom stereocenters. The van der Waals surface area contributed by atoms with E-state index in [-0.39, 0.29) is 0 Å².